The lowest BCUT2D eigenvalue weighted by atomic mass is 10.1. The summed E-state index contributed by atoms with van der Waals surface area (Å²) in [5, 5.41) is 8.55. The Kier molecular flexibility index (Phi) is 2.72. The van der Waals surface area contributed by atoms with E-state index in [0.29, 0.717) is 23.0 Å². The highest BCUT2D eigenvalue weighted by Gasteiger charge is 2.14. The summed E-state index contributed by atoms with van der Waals surface area (Å²) in [5.41, 5.74) is 0.847. The van der Waals surface area contributed by atoms with Gasteiger partial charge in [-0.15, -0.1) is 0 Å². The highest BCUT2D eigenvalue weighted by atomic mass is 16.7. The molecule has 19 heavy (non-hydrogen) atoms. The van der Waals surface area contributed by atoms with Crippen LogP contribution in [-0.4, -0.2) is 17.9 Å². The Hall–Kier alpha value is -2.69. The maximum Gasteiger partial charge on any atom is 0.328 e. The van der Waals surface area contributed by atoms with Gasteiger partial charge in [-0.2, -0.15) is 0 Å². The van der Waals surface area contributed by atoms with Gasteiger partial charge in [0.05, 0.1) is 0 Å². The largest absolute Gasteiger partial charge is 0.478 e. The summed E-state index contributed by atoms with van der Waals surface area (Å²) in [6.07, 6.45) is 2.43. The smallest absolute Gasteiger partial charge is 0.328 e. The summed E-state index contributed by atoms with van der Waals surface area (Å²) in [4.78, 5) is 10.4. The minimum atomic E-state index is -1.01. The number of benzene rings is 1. The SMILES string of the molecule is O=C(O)/C=C/c1ccc(-c2ccc3c(c2)OCO3)o1. The monoisotopic (exact) mass is 258 g/mol. The Morgan fingerprint density at radius 1 is 1.16 bits per heavy atom. The van der Waals surface area contributed by atoms with Crippen molar-refractivity contribution in [2.75, 3.05) is 6.79 Å². The van der Waals surface area contributed by atoms with E-state index in [1.807, 2.05) is 18.2 Å². The van der Waals surface area contributed by atoms with E-state index in [0.717, 1.165) is 11.6 Å². The Bertz CT molecular complexity index is 654. The maximum atomic E-state index is 10.4. The summed E-state index contributed by atoms with van der Waals surface area (Å²) < 4.78 is 16.1. The third-order valence-corrected chi connectivity index (χ3v) is 2.67. The molecule has 0 bridgehead atoms. The second kappa shape index (κ2) is 4.53. The first-order valence-corrected chi connectivity index (χ1v) is 5.63. The minimum absolute atomic E-state index is 0.226. The third kappa shape index (κ3) is 2.30. The molecule has 2 aromatic rings. The highest BCUT2D eigenvalue weighted by molar-refractivity contribution is 5.84. The fourth-order valence-corrected chi connectivity index (χ4v) is 1.80. The van der Waals surface area contributed by atoms with Gasteiger partial charge in [-0.05, 0) is 36.4 Å². The van der Waals surface area contributed by atoms with E-state index in [1.54, 1.807) is 12.1 Å². The van der Waals surface area contributed by atoms with Crippen molar-refractivity contribution in [2.24, 2.45) is 0 Å². The Morgan fingerprint density at radius 3 is 2.84 bits per heavy atom. The Balaban J connectivity index is 1.88. The van der Waals surface area contributed by atoms with Gasteiger partial charge in [0.1, 0.15) is 11.5 Å². The zero-order chi connectivity index (χ0) is 13.2. The fraction of sp³-hybridized carbons (Fsp3) is 0.0714. The predicted octanol–water partition coefficient (Wildman–Crippen LogP) is 2.77. The first-order valence-electron chi connectivity index (χ1n) is 5.63. The Morgan fingerprint density at radius 2 is 2.00 bits per heavy atom. The second-order valence-corrected chi connectivity index (χ2v) is 3.94. The van der Waals surface area contributed by atoms with E-state index in [2.05, 4.69) is 0 Å². The molecule has 0 spiro atoms. The van der Waals surface area contributed by atoms with Gasteiger partial charge in [0, 0.05) is 11.6 Å². The van der Waals surface area contributed by atoms with Crippen LogP contribution >= 0.6 is 0 Å². The van der Waals surface area contributed by atoms with Gasteiger partial charge in [0.15, 0.2) is 11.5 Å². The van der Waals surface area contributed by atoms with Gasteiger partial charge in [-0.25, -0.2) is 4.79 Å². The van der Waals surface area contributed by atoms with E-state index in [1.165, 1.54) is 6.08 Å². The van der Waals surface area contributed by atoms with Crippen molar-refractivity contribution in [1.82, 2.24) is 0 Å². The van der Waals surface area contributed by atoms with Crippen LogP contribution in [0.5, 0.6) is 11.5 Å². The number of carbonyl (C=O) groups is 1. The van der Waals surface area contributed by atoms with Crippen molar-refractivity contribution >= 4 is 12.0 Å². The minimum Gasteiger partial charge on any atom is -0.478 e. The van der Waals surface area contributed by atoms with Crippen LogP contribution in [-0.2, 0) is 4.79 Å². The quantitative estimate of drug-likeness (QED) is 0.857. The molecule has 1 aliphatic rings. The number of carboxylic acids is 1. The molecule has 0 saturated heterocycles. The summed E-state index contributed by atoms with van der Waals surface area (Å²) in [6, 6.07) is 8.98. The third-order valence-electron chi connectivity index (χ3n) is 2.67. The van der Waals surface area contributed by atoms with E-state index < -0.39 is 5.97 Å². The predicted molar refractivity (Wildman–Crippen MR) is 66.9 cm³/mol. The van der Waals surface area contributed by atoms with Crippen molar-refractivity contribution in [3.05, 3.63) is 42.2 Å². The topological polar surface area (TPSA) is 68.9 Å². The molecule has 1 aromatic carbocycles. The maximum absolute atomic E-state index is 10.4. The number of rotatable bonds is 3. The number of carboxylic acid groups (broad SMARTS) is 1. The second-order valence-electron chi connectivity index (χ2n) is 3.94. The molecule has 2 heterocycles. The summed E-state index contributed by atoms with van der Waals surface area (Å²) in [5.74, 6) is 1.50. The highest BCUT2D eigenvalue weighted by Crippen LogP contribution is 2.36. The average Bonchev–Trinajstić information content (AvgIpc) is 3.04. The molecular weight excluding hydrogens is 248 g/mol. The van der Waals surface area contributed by atoms with Crippen molar-refractivity contribution in [1.29, 1.82) is 0 Å². The first kappa shape index (κ1) is 11.4. The van der Waals surface area contributed by atoms with Gasteiger partial charge in [-0.3, -0.25) is 0 Å². The van der Waals surface area contributed by atoms with Crippen LogP contribution < -0.4 is 9.47 Å². The molecule has 1 aliphatic heterocycles. The number of hydrogen-bond acceptors (Lipinski definition) is 4. The van der Waals surface area contributed by atoms with Crippen LogP contribution in [0.15, 0.2) is 40.8 Å². The fourth-order valence-electron chi connectivity index (χ4n) is 1.80. The van der Waals surface area contributed by atoms with Crippen molar-refractivity contribution in [3.8, 4) is 22.8 Å². The van der Waals surface area contributed by atoms with Crippen LogP contribution in [0.1, 0.15) is 5.76 Å². The lowest BCUT2D eigenvalue weighted by molar-refractivity contribution is -0.131. The zero-order valence-electron chi connectivity index (χ0n) is 9.83. The molecule has 96 valence electrons. The average molecular weight is 258 g/mol. The molecule has 5 heteroatoms. The van der Waals surface area contributed by atoms with Crippen LogP contribution in [0.4, 0.5) is 0 Å². The summed E-state index contributed by atoms with van der Waals surface area (Å²) in [6.45, 7) is 0.226. The van der Waals surface area contributed by atoms with E-state index in [4.69, 9.17) is 19.0 Å². The normalized spacial score (nSPS) is 13.1. The van der Waals surface area contributed by atoms with Gasteiger partial charge in [-0.1, -0.05) is 0 Å². The molecule has 0 unspecified atom stereocenters. The molecular formula is C14H10O5. The molecule has 0 aliphatic carbocycles. The molecule has 0 radical (unpaired) electrons. The number of ether oxygens (including phenoxy) is 2. The summed E-state index contributed by atoms with van der Waals surface area (Å²) >= 11 is 0. The van der Waals surface area contributed by atoms with Crippen molar-refractivity contribution < 1.29 is 23.8 Å². The van der Waals surface area contributed by atoms with E-state index >= 15 is 0 Å². The molecule has 1 aromatic heterocycles. The van der Waals surface area contributed by atoms with Crippen LogP contribution in [0.25, 0.3) is 17.4 Å². The van der Waals surface area contributed by atoms with Gasteiger partial charge in [0.2, 0.25) is 6.79 Å². The molecule has 0 saturated carbocycles. The van der Waals surface area contributed by atoms with Gasteiger partial charge in [0.25, 0.3) is 0 Å². The summed E-state index contributed by atoms with van der Waals surface area (Å²) in [7, 11) is 0. The lowest BCUT2D eigenvalue weighted by Gasteiger charge is -1.99. The number of furan rings is 1. The standard InChI is InChI=1S/C14H10O5/c15-14(16)6-3-10-2-5-11(19-10)9-1-4-12-13(7-9)18-8-17-12/h1-7H,8H2,(H,15,16)/b6-3+. The van der Waals surface area contributed by atoms with Crippen molar-refractivity contribution in [3.63, 3.8) is 0 Å². The lowest BCUT2D eigenvalue weighted by Crippen LogP contribution is -1.92. The number of aliphatic carboxylic acids is 1. The van der Waals surface area contributed by atoms with Gasteiger partial charge >= 0.3 is 5.97 Å². The molecule has 1 N–H and O–H groups in total. The van der Waals surface area contributed by atoms with Crippen LogP contribution in [0, 0.1) is 0 Å². The number of hydrogen-bond donors (Lipinski definition) is 1. The molecule has 0 atom stereocenters. The van der Waals surface area contributed by atoms with Crippen LogP contribution in [0.2, 0.25) is 0 Å². The first-order chi connectivity index (χ1) is 9.22. The zero-order valence-corrected chi connectivity index (χ0v) is 9.83. The molecule has 3 rings (SSSR count). The number of fused-ring (bicyclic) bond motifs is 1. The van der Waals surface area contributed by atoms with Crippen LogP contribution in [0.3, 0.4) is 0 Å². The van der Waals surface area contributed by atoms with E-state index in [9.17, 15) is 4.79 Å². The van der Waals surface area contributed by atoms with Gasteiger partial charge < -0.3 is 19.0 Å². The van der Waals surface area contributed by atoms with E-state index in [-0.39, 0.29) is 6.79 Å². The Labute approximate surface area is 108 Å². The molecule has 0 fully saturated rings. The van der Waals surface area contributed by atoms with Crippen molar-refractivity contribution in [2.45, 2.75) is 0 Å². The molecule has 5 nitrogen and oxygen atoms in total. The molecule has 0 amide bonds.